The summed E-state index contributed by atoms with van der Waals surface area (Å²) in [6.07, 6.45) is 3.11. The van der Waals surface area contributed by atoms with Crippen LogP contribution in [-0.4, -0.2) is 29.3 Å². The minimum Gasteiger partial charge on any atom is -0.490 e. The molecule has 2 heterocycles. The lowest BCUT2D eigenvalue weighted by Gasteiger charge is -2.23. The second-order valence-electron chi connectivity index (χ2n) is 8.20. The van der Waals surface area contributed by atoms with Gasteiger partial charge in [-0.25, -0.2) is 0 Å². The number of carbonyl (C=O) groups excluding carboxylic acids is 1. The highest BCUT2D eigenvalue weighted by molar-refractivity contribution is 5.97. The molecule has 2 aliphatic rings. The average molecular weight is 434 g/mol. The fourth-order valence-electron chi connectivity index (χ4n) is 4.25. The minimum absolute atomic E-state index is 0.0160. The zero-order valence-electron chi connectivity index (χ0n) is 18.4. The second kappa shape index (κ2) is 8.65. The summed E-state index contributed by atoms with van der Waals surface area (Å²) >= 11 is 0. The average Bonchev–Trinajstić information content (AvgIpc) is 3.39. The van der Waals surface area contributed by atoms with Gasteiger partial charge in [-0.2, -0.15) is 4.98 Å². The third-order valence-corrected chi connectivity index (χ3v) is 5.89. The van der Waals surface area contributed by atoms with Crippen molar-refractivity contribution >= 4 is 11.6 Å². The number of rotatable bonds is 8. The van der Waals surface area contributed by atoms with Crippen molar-refractivity contribution < 1.29 is 18.8 Å². The number of amides is 1. The van der Waals surface area contributed by atoms with E-state index < -0.39 is 0 Å². The van der Waals surface area contributed by atoms with Crippen LogP contribution in [0.1, 0.15) is 61.5 Å². The maximum Gasteiger partial charge on any atom is 0.250 e. The number of hydrogen-bond donors (Lipinski definition) is 0. The minimum atomic E-state index is -0.283. The Kier molecular flexibility index (Phi) is 5.55. The molecule has 0 N–H and O–H groups in total. The zero-order chi connectivity index (χ0) is 22.1. The van der Waals surface area contributed by atoms with Crippen LogP contribution in [0.15, 0.2) is 47.0 Å². The Morgan fingerprint density at radius 2 is 1.88 bits per heavy atom. The van der Waals surface area contributed by atoms with Crippen molar-refractivity contribution in [3.05, 3.63) is 65.3 Å². The van der Waals surface area contributed by atoms with Crippen molar-refractivity contribution in [1.29, 1.82) is 0 Å². The summed E-state index contributed by atoms with van der Waals surface area (Å²) in [5.74, 6) is 3.01. The van der Waals surface area contributed by atoms with Crippen molar-refractivity contribution in [2.75, 3.05) is 18.1 Å². The molecule has 0 radical (unpaired) electrons. The number of nitrogens with zero attached hydrogens (tertiary/aromatic N) is 3. The Balaban J connectivity index is 1.42. The molecule has 1 aromatic heterocycles. The van der Waals surface area contributed by atoms with E-state index in [2.05, 4.69) is 16.2 Å². The molecular weight excluding hydrogens is 406 g/mol. The number of benzene rings is 2. The fraction of sp³-hybridized carbons (Fsp3) is 0.400. The maximum atomic E-state index is 13.6. The van der Waals surface area contributed by atoms with E-state index in [9.17, 15) is 4.79 Å². The van der Waals surface area contributed by atoms with Gasteiger partial charge in [0.15, 0.2) is 17.3 Å². The van der Waals surface area contributed by atoms with Crippen LogP contribution in [-0.2, 0) is 17.6 Å². The lowest BCUT2D eigenvalue weighted by Crippen LogP contribution is -2.33. The quantitative estimate of drug-likeness (QED) is 0.516. The Hall–Kier alpha value is -3.35. The van der Waals surface area contributed by atoms with E-state index in [-0.39, 0.29) is 18.4 Å². The van der Waals surface area contributed by atoms with E-state index in [1.165, 1.54) is 0 Å². The number of anilines is 1. The maximum absolute atomic E-state index is 13.6. The number of fused-ring (bicyclic) bond motifs is 1. The first kappa shape index (κ1) is 20.5. The van der Waals surface area contributed by atoms with Gasteiger partial charge in [0, 0.05) is 18.0 Å². The van der Waals surface area contributed by atoms with Gasteiger partial charge < -0.3 is 14.0 Å². The third kappa shape index (κ3) is 3.95. The number of carbonyl (C=O) groups is 1. The SMILES string of the molecule is CCOc1ccc(CC(=O)N2c3ccccc3CC2c2nc(C3CC3)no2)cc1OCC. The molecule has 1 unspecified atom stereocenters. The van der Waals surface area contributed by atoms with Gasteiger partial charge in [-0.1, -0.05) is 29.4 Å². The summed E-state index contributed by atoms with van der Waals surface area (Å²) < 4.78 is 17.0. The van der Waals surface area contributed by atoms with Crippen LogP contribution in [0.4, 0.5) is 5.69 Å². The first-order valence-corrected chi connectivity index (χ1v) is 11.3. The van der Waals surface area contributed by atoms with E-state index in [0.717, 1.165) is 35.5 Å². The molecule has 1 aliphatic heterocycles. The summed E-state index contributed by atoms with van der Waals surface area (Å²) in [6.45, 7) is 4.95. The van der Waals surface area contributed by atoms with Gasteiger partial charge in [0.1, 0.15) is 6.04 Å². The topological polar surface area (TPSA) is 77.7 Å². The first-order chi connectivity index (χ1) is 15.7. The molecule has 32 heavy (non-hydrogen) atoms. The predicted molar refractivity (Wildman–Crippen MR) is 119 cm³/mol. The highest BCUT2D eigenvalue weighted by Gasteiger charge is 2.39. The van der Waals surface area contributed by atoms with Gasteiger partial charge in [0.25, 0.3) is 0 Å². The molecule has 0 saturated heterocycles. The molecule has 3 aromatic rings. The molecule has 2 aromatic carbocycles. The molecule has 7 heteroatoms. The highest BCUT2D eigenvalue weighted by atomic mass is 16.5. The zero-order valence-corrected chi connectivity index (χ0v) is 18.4. The van der Waals surface area contributed by atoms with Crippen molar-refractivity contribution in [2.45, 2.75) is 51.5 Å². The van der Waals surface area contributed by atoms with Gasteiger partial charge >= 0.3 is 0 Å². The van der Waals surface area contributed by atoms with Gasteiger partial charge in [-0.15, -0.1) is 0 Å². The van der Waals surface area contributed by atoms with Gasteiger partial charge in [-0.05, 0) is 56.0 Å². The Morgan fingerprint density at radius 3 is 2.66 bits per heavy atom. The van der Waals surface area contributed by atoms with E-state index in [1.54, 1.807) is 0 Å². The van der Waals surface area contributed by atoms with Crippen molar-refractivity contribution in [2.24, 2.45) is 0 Å². The standard InChI is InChI=1S/C25H27N3O4/c1-3-30-21-12-9-16(13-22(21)31-4-2)14-23(29)28-19-8-6-5-7-18(19)15-20(28)25-26-24(27-32-25)17-10-11-17/h5-9,12-13,17,20H,3-4,10-11,14-15H2,1-2H3. The lowest BCUT2D eigenvalue weighted by atomic mass is 10.1. The summed E-state index contributed by atoms with van der Waals surface area (Å²) in [5, 5.41) is 4.17. The normalized spacial score (nSPS) is 17.3. The van der Waals surface area contributed by atoms with Crippen LogP contribution in [0.25, 0.3) is 0 Å². The predicted octanol–water partition coefficient (Wildman–Crippen LogP) is 4.62. The van der Waals surface area contributed by atoms with Crippen molar-refractivity contribution in [3.63, 3.8) is 0 Å². The number of hydrogen-bond acceptors (Lipinski definition) is 6. The van der Waals surface area contributed by atoms with Crippen LogP contribution in [0, 0.1) is 0 Å². The van der Waals surface area contributed by atoms with Gasteiger partial charge in [-0.3, -0.25) is 9.69 Å². The third-order valence-electron chi connectivity index (χ3n) is 5.89. The number of ether oxygens (including phenoxy) is 2. The first-order valence-electron chi connectivity index (χ1n) is 11.3. The van der Waals surface area contributed by atoms with E-state index in [1.807, 2.05) is 55.1 Å². The second-order valence-corrected chi connectivity index (χ2v) is 8.20. The van der Waals surface area contributed by atoms with Crippen LogP contribution < -0.4 is 14.4 Å². The molecule has 1 saturated carbocycles. The molecule has 166 valence electrons. The molecular formula is C25H27N3O4. The molecule has 1 aliphatic carbocycles. The molecule has 1 amide bonds. The highest BCUT2D eigenvalue weighted by Crippen LogP contribution is 2.43. The lowest BCUT2D eigenvalue weighted by molar-refractivity contribution is -0.118. The Labute approximate surface area is 187 Å². The Morgan fingerprint density at radius 1 is 1.09 bits per heavy atom. The molecule has 0 spiro atoms. The number of para-hydroxylation sites is 1. The Bertz CT molecular complexity index is 1120. The smallest absolute Gasteiger partial charge is 0.250 e. The summed E-state index contributed by atoms with van der Waals surface area (Å²) in [6, 6.07) is 13.4. The summed E-state index contributed by atoms with van der Waals surface area (Å²) in [5.41, 5.74) is 2.89. The summed E-state index contributed by atoms with van der Waals surface area (Å²) in [4.78, 5) is 20.0. The summed E-state index contributed by atoms with van der Waals surface area (Å²) in [7, 11) is 0. The largest absolute Gasteiger partial charge is 0.490 e. The van der Waals surface area contributed by atoms with Gasteiger partial charge in [0.05, 0.1) is 19.6 Å². The molecule has 1 atom stereocenters. The molecule has 5 rings (SSSR count). The van der Waals surface area contributed by atoms with Crippen LogP contribution in [0.5, 0.6) is 11.5 Å². The van der Waals surface area contributed by atoms with E-state index in [0.29, 0.717) is 42.9 Å². The molecule has 7 nitrogen and oxygen atoms in total. The van der Waals surface area contributed by atoms with E-state index in [4.69, 9.17) is 14.0 Å². The van der Waals surface area contributed by atoms with Crippen LogP contribution >= 0.6 is 0 Å². The van der Waals surface area contributed by atoms with Crippen molar-refractivity contribution in [1.82, 2.24) is 10.1 Å². The van der Waals surface area contributed by atoms with Gasteiger partial charge in [0.2, 0.25) is 11.8 Å². The van der Waals surface area contributed by atoms with Crippen LogP contribution in [0.2, 0.25) is 0 Å². The van der Waals surface area contributed by atoms with Crippen molar-refractivity contribution in [3.8, 4) is 11.5 Å². The van der Waals surface area contributed by atoms with Crippen LogP contribution in [0.3, 0.4) is 0 Å². The molecule has 1 fully saturated rings. The number of aromatic nitrogens is 2. The fourth-order valence-corrected chi connectivity index (χ4v) is 4.25. The monoisotopic (exact) mass is 433 g/mol. The molecule has 0 bridgehead atoms. The van der Waals surface area contributed by atoms with E-state index >= 15 is 0 Å².